The van der Waals surface area contributed by atoms with Gasteiger partial charge in [0, 0.05) is 0 Å². The van der Waals surface area contributed by atoms with E-state index < -0.39 is 0 Å². The zero-order chi connectivity index (χ0) is 12.7. The highest BCUT2D eigenvalue weighted by atomic mass is 19.1. The van der Waals surface area contributed by atoms with Crippen molar-refractivity contribution < 1.29 is 14.2 Å². The molecule has 2 nitrogen and oxygen atoms in total. The smallest absolute Gasteiger partial charge is 0.123 e. The van der Waals surface area contributed by atoms with Gasteiger partial charge < -0.3 is 9.84 Å². The molecule has 1 atom stereocenters. The Morgan fingerprint density at radius 3 is 2.88 bits per heavy atom. The lowest BCUT2D eigenvalue weighted by atomic mass is 10.0. The largest absolute Gasteiger partial charge is 0.496 e. The van der Waals surface area contributed by atoms with E-state index in [-0.39, 0.29) is 11.9 Å². The van der Waals surface area contributed by atoms with Crippen LogP contribution in [0.4, 0.5) is 4.39 Å². The SMILES string of the molecule is C=CCC[C@@H](O)CCc1cc(F)ccc1OC. The number of halogens is 1. The first-order chi connectivity index (χ1) is 8.17. The molecular formula is C14H19FO2. The van der Waals surface area contributed by atoms with E-state index in [0.717, 1.165) is 12.0 Å². The Hall–Kier alpha value is -1.35. The number of hydrogen-bond acceptors (Lipinski definition) is 2. The lowest BCUT2D eigenvalue weighted by Crippen LogP contribution is -2.08. The second kappa shape index (κ2) is 7.07. The Morgan fingerprint density at radius 2 is 2.24 bits per heavy atom. The molecule has 3 heteroatoms. The highest BCUT2D eigenvalue weighted by Gasteiger charge is 2.08. The Labute approximate surface area is 102 Å². The van der Waals surface area contributed by atoms with E-state index in [1.165, 1.54) is 12.1 Å². The van der Waals surface area contributed by atoms with Crippen molar-refractivity contribution in [3.63, 3.8) is 0 Å². The van der Waals surface area contributed by atoms with E-state index in [1.807, 2.05) is 0 Å². The third-order valence-corrected chi connectivity index (χ3v) is 2.69. The molecule has 0 heterocycles. The van der Waals surface area contributed by atoms with Crippen molar-refractivity contribution in [1.82, 2.24) is 0 Å². The molecule has 1 aromatic rings. The molecule has 1 rings (SSSR count). The summed E-state index contributed by atoms with van der Waals surface area (Å²) in [7, 11) is 1.56. The normalized spacial score (nSPS) is 12.2. The van der Waals surface area contributed by atoms with Crippen LogP contribution in [0.2, 0.25) is 0 Å². The van der Waals surface area contributed by atoms with Gasteiger partial charge in [0.25, 0.3) is 0 Å². The summed E-state index contributed by atoms with van der Waals surface area (Å²) in [5.74, 6) is 0.392. The summed E-state index contributed by atoms with van der Waals surface area (Å²) >= 11 is 0. The van der Waals surface area contributed by atoms with Gasteiger partial charge in [-0.15, -0.1) is 6.58 Å². The van der Waals surface area contributed by atoms with Crippen molar-refractivity contribution in [3.8, 4) is 5.75 Å². The number of methoxy groups -OCH3 is 1. The topological polar surface area (TPSA) is 29.5 Å². The lowest BCUT2D eigenvalue weighted by Gasteiger charge is -2.11. The van der Waals surface area contributed by atoms with Gasteiger partial charge in [-0.2, -0.15) is 0 Å². The van der Waals surface area contributed by atoms with Gasteiger partial charge in [0.1, 0.15) is 11.6 Å². The summed E-state index contributed by atoms with van der Waals surface area (Å²) in [6, 6.07) is 4.44. The maximum atomic E-state index is 13.1. The van der Waals surface area contributed by atoms with E-state index in [9.17, 15) is 9.50 Å². The second-order valence-corrected chi connectivity index (χ2v) is 4.01. The molecule has 0 fully saturated rings. The number of aliphatic hydroxyl groups is 1. The fourth-order valence-corrected chi connectivity index (χ4v) is 1.72. The van der Waals surface area contributed by atoms with Crippen molar-refractivity contribution >= 4 is 0 Å². The molecule has 0 unspecified atom stereocenters. The highest BCUT2D eigenvalue weighted by molar-refractivity contribution is 5.34. The van der Waals surface area contributed by atoms with Crippen LogP contribution < -0.4 is 4.74 Å². The molecular weight excluding hydrogens is 219 g/mol. The molecule has 0 saturated carbocycles. The van der Waals surface area contributed by atoms with Gasteiger partial charge in [0.15, 0.2) is 0 Å². The Bertz CT molecular complexity index is 363. The fraction of sp³-hybridized carbons (Fsp3) is 0.429. The summed E-state index contributed by atoms with van der Waals surface area (Å²) in [6.07, 6.45) is 4.11. The quantitative estimate of drug-likeness (QED) is 0.740. The number of hydrogen-bond donors (Lipinski definition) is 1. The van der Waals surface area contributed by atoms with Crippen LogP contribution in [0.15, 0.2) is 30.9 Å². The van der Waals surface area contributed by atoms with E-state index in [4.69, 9.17) is 4.74 Å². The van der Waals surface area contributed by atoms with Crippen LogP contribution in [0.3, 0.4) is 0 Å². The predicted octanol–water partition coefficient (Wildman–Crippen LogP) is 3.09. The van der Waals surface area contributed by atoms with Crippen LogP contribution in [0, 0.1) is 5.82 Å². The molecule has 0 bridgehead atoms. The zero-order valence-corrected chi connectivity index (χ0v) is 10.2. The molecule has 94 valence electrons. The van der Waals surface area contributed by atoms with Gasteiger partial charge in [-0.05, 0) is 49.4 Å². The van der Waals surface area contributed by atoms with Gasteiger partial charge in [0.2, 0.25) is 0 Å². The molecule has 0 aliphatic heterocycles. The molecule has 0 radical (unpaired) electrons. The number of ether oxygens (including phenoxy) is 1. The van der Waals surface area contributed by atoms with Gasteiger partial charge in [0.05, 0.1) is 13.2 Å². The molecule has 17 heavy (non-hydrogen) atoms. The lowest BCUT2D eigenvalue weighted by molar-refractivity contribution is 0.156. The van der Waals surface area contributed by atoms with Crippen molar-refractivity contribution in [2.75, 3.05) is 7.11 Å². The molecule has 0 aliphatic carbocycles. The average molecular weight is 238 g/mol. The molecule has 1 N–H and O–H groups in total. The van der Waals surface area contributed by atoms with Crippen LogP contribution in [-0.2, 0) is 6.42 Å². The Balaban J connectivity index is 2.55. The van der Waals surface area contributed by atoms with E-state index in [0.29, 0.717) is 25.0 Å². The van der Waals surface area contributed by atoms with Crippen LogP contribution in [0.25, 0.3) is 0 Å². The molecule has 0 aliphatic rings. The number of allylic oxidation sites excluding steroid dienone is 1. The number of benzene rings is 1. The summed E-state index contributed by atoms with van der Waals surface area (Å²) in [5, 5.41) is 9.69. The molecule has 0 saturated heterocycles. The number of rotatable bonds is 7. The predicted molar refractivity (Wildman–Crippen MR) is 66.7 cm³/mol. The first-order valence-electron chi connectivity index (χ1n) is 5.78. The van der Waals surface area contributed by atoms with E-state index >= 15 is 0 Å². The Kier molecular flexibility index (Phi) is 5.70. The van der Waals surface area contributed by atoms with Crippen LogP contribution >= 0.6 is 0 Å². The minimum absolute atomic E-state index is 0.276. The third kappa shape index (κ3) is 4.57. The summed E-state index contributed by atoms with van der Waals surface area (Å²) in [5.41, 5.74) is 0.796. The Morgan fingerprint density at radius 1 is 1.47 bits per heavy atom. The standard InChI is InChI=1S/C14H19FO2/c1-3-4-5-13(16)8-6-11-10-12(15)7-9-14(11)17-2/h3,7,9-10,13,16H,1,4-6,8H2,2H3/t13-/m1/s1. The minimum atomic E-state index is -0.374. The minimum Gasteiger partial charge on any atom is -0.496 e. The highest BCUT2D eigenvalue weighted by Crippen LogP contribution is 2.21. The van der Waals surface area contributed by atoms with Gasteiger partial charge in [-0.25, -0.2) is 4.39 Å². The molecule has 0 aromatic heterocycles. The van der Waals surface area contributed by atoms with Crippen LogP contribution in [0.1, 0.15) is 24.8 Å². The van der Waals surface area contributed by atoms with E-state index in [1.54, 1.807) is 19.3 Å². The first-order valence-corrected chi connectivity index (χ1v) is 5.78. The maximum absolute atomic E-state index is 13.1. The second-order valence-electron chi connectivity index (χ2n) is 4.01. The number of aliphatic hydroxyl groups excluding tert-OH is 1. The van der Waals surface area contributed by atoms with Gasteiger partial charge in [-0.3, -0.25) is 0 Å². The van der Waals surface area contributed by atoms with Crippen molar-refractivity contribution in [2.24, 2.45) is 0 Å². The fourth-order valence-electron chi connectivity index (χ4n) is 1.72. The zero-order valence-electron chi connectivity index (χ0n) is 10.2. The van der Waals surface area contributed by atoms with Crippen LogP contribution in [0.5, 0.6) is 5.75 Å². The van der Waals surface area contributed by atoms with Crippen molar-refractivity contribution in [3.05, 3.63) is 42.2 Å². The van der Waals surface area contributed by atoms with Gasteiger partial charge >= 0.3 is 0 Å². The number of aryl methyl sites for hydroxylation is 1. The summed E-state index contributed by atoms with van der Waals surface area (Å²) in [4.78, 5) is 0. The van der Waals surface area contributed by atoms with Crippen LogP contribution in [-0.4, -0.2) is 18.3 Å². The molecule has 0 amide bonds. The van der Waals surface area contributed by atoms with Crippen molar-refractivity contribution in [2.45, 2.75) is 31.8 Å². The average Bonchev–Trinajstić information content (AvgIpc) is 2.34. The monoisotopic (exact) mass is 238 g/mol. The van der Waals surface area contributed by atoms with Crippen molar-refractivity contribution in [1.29, 1.82) is 0 Å². The third-order valence-electron chi connectivity index (χ3n) is 2.69. The molecule has 1 aromatic carbocycles. The summed E-state index contributed by atoms with van der Waals surface area (Å²) in [6.45, 7) is 3.61. The first kappa shape index (κ1) is 13.7. The summed E-state index contributed by atoms with van der Waals surface area (Å²) < 4.78 is 18.2. The van der Waals surface area contributed by atoms with E-state index in [2.05, 4.69) is 6.58 Å². The molecule has 0 spiro atoms. The van der Waals surface area contributed by atoms with Gasteiger partial charge in [-0.1, -0.05) is 6.08 Å². The maximum Gasteiger partial charge on any atom is 0.123 e.